The number of fused-ring (bicyclic) bond motifs is 9. The van der Waals surface area contributed by atoms with Crippen molar-refractivity contribution in [3.05, 3.63) is 35.9 Å². The molecule has 0 spiro atoms. The zero-order valence-electron chi connectivity index (χ0n) is 48.0. The molecule has 11 atom stereocenters. The van der Waals surface area contributed by atoms with Crippen molar-refractivity contribution in [2.45, 2.75) is 138 Å². The minimum atomic E-state index is -1.94. The van der Waals surface area contributed by atoms with Gasteiger partial charge in [0.1, 0.15) is 66.5 Å². The first-order chi connectivity index (χ1) is 41.8. The van der Waals surface area contributed by atoms with Gasteiger partial charge in [-0.15, -0.1) is 0 Å². The van der Waals surface area contributed by atoms with Crippen molar-refractivity contribution >= 4 is 132 Å². The number of nitrogens with one attached hydrogen (secondary N) is 10. The highest BCUT2D eigenvalue weighted by Gasteiger charge is 2.42. The van der Waals surface area contributed by atoms with Gasteiger partial charge in [-0.25, -0.2) is 0 Å². The number of benzene rings is 1. The van der Waals surface area contributed by atoms with Crippen molar-refractivity contribution in [3.63, 3.8) is 0 Å². The zero-order valence-corrected chi connectivity index (χ0v) is 51.3. The van der Waals surface area contributed by atoms with Crippen LogP contribution in [0.1, 0.15) is 70.3 Å². The summed E-state index contributed by atoms with van der Waals surface area (Å²) in [7, 11) is 3.37. The van der Waals surface area contributed by atoms with E-state index in [9.17, 15) is 77.3 Å². The van der Waals surface area contributed by atoms with Crippen molar-refractivity contribution in [2.24, 2.45) is 33.7 Å². The van der Waals surface area contributed by atoms with Gasteiger partial charge in [-0.05, 0) is 37.7 Å². The maximum atomic E-state index is 14.7. The molecular formula is C51H77N17O16S4. The van der Waals surface area contributed by atoms with E-state index in [4.69, 9.17) is 28.7 Å². The van der Waals surface area contributed by atoms with Crippen LogP contribution in [-0.2, 0) is 73.5 Å². The number of hydrogen-bond acceptors (Lipinski definition) is 21. The highest BCUT2D eigenvalue weighted by Crippen LogP contribution is 2.26. The van der Waals surface area contributed by atoms with E-state index >= 15 is 0 Å². The third-order valence-electron chi connectivity index (χ3n) is 13.5. The summed E-state index contributed by atoms with van der Waals surface area (Å²) in [6, 6.07) is -9.69. The molecule has 3 saturated heterocycles. The number of rotatable bonds is 17. The van der Waals surface area contributed by atoms with Crippen molar-refractivity contribution < 1.29 is 77.3 Å². The van der Waals surface area contributed by atoms with Gasteiger partial charge in [0.25, 0.3) is 0 Å². The number of aliphatic hydroxyl groups excluding tert-OH is 1. The first kappa shape index (κ1) is 72.9. The second kappa shape index (κ2) is 37.3. The zero-order chi connectivity index (χ0) is 65.0. The summed E-state index contributed by atoms with van der Waals surface area (Å²) in [5.74, 6) is -17.1. The van der Waals surface area contributed by atoms with Gasteiger partial charge >= 0.3 is 5.97 Å². The molecule has 33 nitrogen and oxygen atoms in total. The van der Waals surface area contributed by atoms with Crippen LogP contribution in [0.25, 0.3) is 0 Å². The summed E-state index contributed by atoms with van der Waals surface area (Å²) in [6.45, 7) is -0.243. The molecule has 3 fully saturated rings. The number of carboxylic acid groups (broad SMARTS) is 1. The highest BCUT2D eigenvalue weighted by atomic mass is 33.1. The predicted molar refractivity (Wildman–Crippen MR) is 325 cm³/mol. The average Bonchev–Trinajstić information content (AvgIpc) is 4.07. The minimum Gasteiger partial charge on any atom is -0.481 e. The number of primary amides is 2. The van der Waals surface area contributed by atoms with Crippen molar-refractivity contribution in [3.8, 4) is 0 Å². The Hall–Kier alpha value is -7.61. The molecule has 1 aromatic carbocycles. The van der Waals surface area contributed by atoms with Crippen molar-refractivity contribution in [2.75, 3.05) is 49.3 Å². The van der Waals surface area contributed by atoms with E-state index in [1.54, 1.807) is 37.3 Å². The molecular weight excluding hydrogens is 1230 g/mol. The summed E-state index contributed by atoms with van der Waals surface area (Å²) in [6.07, 6.45) is -1.43. The quantitative estimate of drug-likeness (QED) is 0.0298. The fraction of sp³-hybridized carbons (Fsp3) is 0.588. The highest BCUT2D eigenvalue weighted by molar-refractivity contribution is 8.77. The molecule has 4 rings (SSSR count). The average molecular weight is 1310 g/mol. The van der Waals surface area contributed by atoms with Gasteiger partial charge in [0.15, 0.2) is 5.96 Å². The van der Waals surface area contributed by atoms with Crippen LogP contribution in [0.4, 0.5) is 0 Å². The number of amides is 13. The molecule has 0 saturated carbocycles. The van der Waals surface area contributed by atoms with Crippen LogP contribution in [-0.4, -0.2) is 220 Å². The number of nitrogens with two attached hydrogens (primary N) is 5. The molecule has 37 heteroatoms. The van der Waals surface area contributed by atoms with Crippen LogP contribution in [0.15, 0.2) is 35.3 Å². The van der Waals surface area contributed by atoms with Gasteiger partial charge in [-0.3, -0.25) is 72.1 Å². The number of aliphatic carboxylic acids is 1. The third-order valence-corrected chi connectivity index (χ3v) is 18.4. The molecule has 0 radical (unpaired) electrons. The number of unbranched alkanes of at least 4 members (excludes halogenated alkanes) is 1. The Bertz CT molecular complexity index is 2720. The van der Waals surface area contributed by atoms with E-state index in [1.165, 1.54) is 0 Å². The van der Waals surface area contributed by atoms with E-state index in [1.807, 2.05) is 0 Å². The Balaban J connectivity index is 1.95. The van der Waals surface area contributed by atoms with Gasteiger partial charge in [0, 0.05) is 42.5 Å². The smallest absolute Gasteiger partial charge is 0.305 e. The minimum absolute atomic E-state index is 0.00980. The lowest BCUT2D eigenvalue weighted by Crippen LogP contribution is -2.61. The Morgan fingerprint density at radius 2 is 1.14 bits per heavy atom. The second-order valence-corrected chi connectivity index (χ2v) is 25.4. The number of aliphatic imine (C=N–C) groups is 1. The van der Waals surface area contributed by atoms with Crippen LogP contribution in [0.2, 0.25) is 0 Å². The molecule has 1 aromatic rings. The maximum absolute atomic E-state index is 14.7. The number of hydrogen-bond donors (Lipinski definition) is 17. The summed E-state index contributed by atoms with van der Waals surface area (Å²) in [5, 5.41) is 45.1. The predicted octanol–water partition coefficient (Wildman–Crippen LogP) is -7.11. The van der Waals surface area contributed by atoms with E-state index in [0.717, 1.165) is 48.1 Å². The van der Waals surface area contributed by atoms with Crippen LogP contribution >= 0.6 is 43.2 Å². The fourth-order valence-corrected chi connectivity index (χ4v) is 13.6. The number of guanidine groups is 1. The third kappa shape index (κ3) is 24.2. The standard InChI is InChI=1S/C51H77N17O16S4/c1-2-3-11-26-41(75)61-28(16-25-9-5-4-6-10-25)43(77)65-32(40(54)74)21-85-87-24-35-48(82)64-31(20-69)45(79)63-30(18-39(72)73)50(84)68-15-8-13-36(68)49(83)60-27(12-7-14-57-51(55)56)42(76)66-34(47(81)62-29(17-37(53)70)44(78)59-26)23-88-86-22-33(46(80)67-35)58-38(71)19-52/h4-6,9-10,26-36,69H,2-3,7-8,11-24,52H2,1H3,(H2,53,70)(H2,54,74)(H,58,71)(H,59,78)(H,60,83)(H,61,75)(H,62,81)(H,63,79)(H,64,82)(H,65,77)(H,66,76)(H,67,80)(H,72,73)(H4,55,56,57)/t26-,27-,28-,29-,30-,31-,32-,33-,34-,35-,36-/m0/s1. The lowest BCUT2D eigenvalue weighted by atomic mass is 10.0. The van der Waals surface area contributed by atoms with Gasteiger partial charge in [0.05, 0.1) is 26.0 Å². The lowest BCUT2D eigenvalue weighted by molar-refractivity contribution is -0.146. The second-order valence-electron chi connectivity index (χ2n) is 20.3. The van der Waals surface area contributed by atoms with Crippen molar-refractivity contribution in [1.29, 1.82) is 0 Å². The number of nitrogens with zero attached hydrogens (tertiary/aromatic N) is 2. The van der Waals surface area contributed by atoms with Gasteiger partial charge in [-0.1, -0.05) is 93.3 Å². The first-order valence-electron chi connectivity index (χ1n) is 27.9. The van der Waals surface area contributed by atoms with E-state index < -0.39 is 187 Å². The summed E-state index contributed by atoms with van der Waals surface area (Å²) >= 11 is 0. The summed E-state index contributed by atoms with van der Waals surface area (Å²) < 4.78 is 0. The fourth-order valence-electron chi connectivity index (χ4n) is 8.90. The number of aliphatic hydroxyl groups is 1. The Kier molecular flexibility index (Phi) is 30.9. The van der Waals surface area contributed by atoms with Crippen LogP contribution in [0, 0.1) is 0 Å². The van der Waals surface area contributed by atoms with Gasteiger partial charge < -0.3 is 96.9 Å². The van der Waals surface area contributed by atoms with Crippen LogP contribution < -0.4 is 81.8 Å². The van der Waals surface area contributed by atoms with E-state index in [-0.39, 0.29) is 69.1 Å². The topological polar surface area (TPSA) is 545 Å². The van der Waals surface area contributed by atoms with E-state index in [2.05, 4.69) is 58.2 Å². The molecule has 13 amide bonds. The van der Waals surface area contributed by atoms with Crippen molar-refractivity contribution in [1.82, 2.24) is 58.1 Å². The van der Waals surface area contributed by atoms with Gasteiger partial charge in [0.2, 0.25) is 76.8 Å². The molecule has 0 aliphatic carbocycles. The molecule has 3 aliphatic heterocycles. The SMILES string of the molecule is CCCC[C@@H]1NC(=O)[C@H](CC(N)=O)NC(=O)[C@@H]2CSSC[C@H](NC(=O)CN)C(=O)N[C@@H](CSSC[C@@H](C(N)=O)NC(=O)[C@H](Cc3ccccc3)NC1=O)C(=O)N[C@@H](CO)C(=O)N[C@@H](CC(=O)O)C(=O)N1CCC[C@H]1C(=O)N[C@@H](CCCN=C(N)N)C(=O)N2. The van der Waals surface area contributed by atoms with E-state index in [0.29, 0.717) is 18.4 Å². The Labute approximate surface area is 521 Å². The largest absolute Gasteiger partial charge is 0.481 e. The maximum Gasteiger partial charge on any atom is 0.305 e. The molecule has 0 aromatic heterocycles. The Morgan fingerprint density at radius 1 is 0.614 bits per heavy atom. The number of carbonyl (C=O) groups excluding carboxylic acids is 13. The first-order valence-corrected chi connectivity index (χ1v) is 32.8. The van der Waals surface area contributed by atoms with Gasteiger partial charge in [-0.2, -0.15) is 0 Å². The molecule has 3 aliphatic rings. The van der Waals surface area contributed by atoms with Crippen LogP contribution in [0.5, 0.6) is 0 Å². The summed E-state index contributed by atoms with van der Waals surface area (Å²) in [4.78, 5) is 199. The molecule has 22 N–H and O–H groups in total. The number of carboxylic acids is 1. The van der Waals surface area contributed by atoms with Crippen LogP contribution in [0.3, 0.4) is 0 Å². The molecule has 0 unspecified atom stereocenters. The molecule has 88 heavy (non-hydrogen) atoms. The lowest BCUT2D eigenvalue weighted by Gasteiger charge is -2.30. The summed E-state index contributed by atoms with van der Waals surface area (Å²) in [5.41, 5.74) is 28.6. The molecule has 2 bridgehead atoms. The monoisotopic (exact) mass is 1310 g/mol. The normalized spacial score (nSPS) is 26.5. The molecule has 486 valence electrons. The Morgan fingerprint density at radius 3 is 1.73 bits per heavy atom. The molecule has 3 heterocycles. The number of carbonyl (C=O) groups is 14.